The summed E-state index contributed by atoms with van der Waals surface area (Å²) < 4.78 is 23.1. The van der Waals surface area contributed by atoms with E-state index in [1.54, 1.807) is 0 Å². The van der Waals surface area contributed by atoms with E-state index in [0.29, 0.717) is 0 Å². The second-order valence-corrected chi connectivity index (χ2v) is 66.8. The number of rotatable bonds is 6. The van der Waals surface area contributed by atoms with Crippen LogP contribution >= 0.6 is 0 Å². The molecule has 2 unspecified atom stereocenters. The predicted octanol–water partition coefficient (Wildman–Crippen LogP) is 3.39. The molecule has 2 atom stereocenters. The van der Waals surface area contributed by atoms with Crippen LogP contribution in [0, 0.1) is 0 Å². The summed E-state index contributed by atoms with van der Waals surface area (Å²) in [6, 6.07) is 0. The topological polar surface area (TPSA) is 61.8 Å². The van der Waals surface area contributed by atoms with Gasteiger partial charge in [-0.3, -0.25) is 0 Å². The Morgan fingerprint density at radius 3 is 1.82 bits per heavy atom. The third kappa shape index (κ3) is 4.12. The van der Waals surface area contributed by atoms with Crippen molar-refractivity contribution in [2.45, 2.75) is 76.1 Å². The van der Waals surface area contributed by atoms with Crippen molar-refractivity contribution in [3.05, 3.63) is 0 Å². The van der Waals surface area contributed by atoms with Gasteiger partial charge >= 0.3 is 139 Å². The van der Waals surface area contributed by atoms with Crippen LogP contribution in [-0.2, 0) is 22.1 Å². The van der Waals surface area contributed by atoms with Crippen molar-refractivity contribution in [2.24, 2.45) is 0 Å². The quantitative estimate of drug-likeness (QED) is 0.391. The molecule has 0 N–H and O–H groups in total. The molecule has 1 saturated heterocycles. The molecule has 1 aliphatic rings. The minimum atomic E-state index is -2.78. The molecule has 128 valence electrons. The van der Waals surface area contributed by atoms with Crippen LogP contribution in [0.5, 0.6) is 0 Å². The van der Waals surface area contributed by atoms with Crippen LogP contribution in [0.15, 0.2) is 0 Å². The first-order valence-electron chi connectivity index (χ1n) is 8.32. The maximum atomic E-state index is 11.5. The molecule has 0 radical (unpaired) electrons. The molecule has 0 saturated carbocycles. The summed E-state index contributed by atoms with van der Waals surface area (Å²) in [5.41, 5.74) is 0. The number of hydrogen-bond donors (Lipinski definition) is 0. The van der Waals surface area contributed by atoms with E-state index in [4.69, 9.17) is 12.5 Å². The first-order valence-corrected chi connectivity index (χ1v) is 30.6. The molecule has 5 nitrogen and oxygen atoms in total. The Kier molecular flexibility index (Phi) is 7.99. The fourth-order valence-electron chi connectivity index (χ4n) is 4.01. The Morgan fingerprint density at radius 1 is 0.955 bits per heavy atom. The van der Waals surface area contributed by atoms with E-state index in [9.17, 15) is 9.59 Å². The molecule has 7 heteroatoms. The molecule has 0 aromatic rings. The van der Waals surface area contributed by atoms with Gasteiger partial charge < -0.3 is 0 Å². The third-order valence-corrected chi connectivity index (χ3v) is 101. The van der Waals surface area contributed by atoms with Gasteiger partial charge in [-0.05, 0) is 0 Å². The van der Waals surface area contributed by atoms with Gasteiger partial charge in [0.15, 0.2) is 0 Å². The summed E-state index contributed by atoms with van der Waals surface area (Å²) in [4.78, 5) is 22.9. The first-order chi connectivity index (χ1) is 10.3. The summed E-state index contributed by atoms with van der Waals surface area (Å²) in [5.74, 6) is -0.695. The molecular weight excluding hydrogens is 498 g/mol. The number of esters is 2. The molecule has 0 spiro atoms. The molecule has 0 bridgehead atoms. The van der Waals surface area contributed by atoms with E-state index < -0.39 is 41.7 Å². The van der Waals surface area contributed by atoms with E-state index >= 15 is 0 Å². The Morgan fingerprint density at radius 2 is 1.45 bits per heavy atom. The Labute approximate surface area is 138 Å². The van der Waals surface area contributed by atoms with E-state index in [1.807, 2.05) is 0 Å². The van der Waals surface area contributed by atoms with Crippen LogP contribution in [0.2, 0.25) is 22.2 Å². The SMILES string of the molecule is C[CH2][Sn]1([CH2]C)[CH2]C(OC(C)=O)C(OC(C)=O)[O][Sn]1([CH2]C)[CH2]C. The van der Waals surface area contributed by atoms with Gasteiger partial charge in [-0.2, -0.15) is 0 Å². The molecular formula is C15H30O5Sn2. The van der Waals surface area contributed by atoms with Crippen molar-refractivity contribution in [3.8, 4) is 0 Å². The maximum absolute atomic E-state index is 11.5. The van der Waals surface area contributed by atoms with Crippen LogP contribution < -0.4 is 0 Å². The van der Waals surface area contributed by atoms with Crippen molar-refractivity contribution in [3.63, 3.8) is 0 Å². The van der Waals surface area contributed by atoms with Gasteiger partial charge in [0.1, 0.15) is 0 Å². The van der Waals surface area contributed by atoms with Gasteiger partial charge in [-0.15, -0.1) is 0 Å². The van der Waals surface area contributed by atoms with Gasteiger partial charge in [0.05, 0.1) is 0 Å². The monoisotopic (exact) mass is 530 g/mol. The number of hydrogen-bond acceptors (Lipinski definition) is 5. The number of carbonyl (C=O) groups is 2. The van der Waals surface area contributed by atoms with Crippen molar-refractivity contribution in [1.82, 2.24) is 0 Å². The van der Waals surface area contributed by atoms with Gasteiger partial charge in [-0.1, -0.05) is 0 Å². The summed E-state index contributed by atoms with van der Waals surface area (Å²) in [5, 5.41) is 0. The zero-order valence-electron chi connectivity index (χ0n) is 14.7. The normalized spacial score (nSPS) is 26.3. The van der Waals surface area contributed by atoms with Crippen LogP contribution in [0.4, 0.5) is 0 Å². The fourth-order valence-corrected chi connectivity index (χ4v) is 95.4. The predicted molar refractivity (Wildman–Crippen MR) is 90.4 cm³/mol. The van der Waals surface area contributed by atoms with Gasteiger partial charge in [0.2, 0.25) is 0 Å². The van der Waals surface area contributed by atoms with Crippen molar-refractivity contribution in [2.75, 3.05) is 0 Å². The number of carbonyl (C=O) groups excluding carboxylic acids is 2. The van der Waals surface area contributed by atoms with Crippen molar-refractivity contribution in [1.29, 1.82) is 0 Å². The second kappa shape index (κ2) is 8.55. The molecule has 0 aliphatic carbocycles. The van der Waals surface area contributed by atoms with Gasteiger partial charge in [-0.25, -0.2) is 0 Å². The molecule has 0 aromatic heterocycles. The van der Waals surface area contributed by atoms with E-state index in [2.05, 4.69) is 27.7 Å². The van der Waals surface area contributed by atoms with Crippen molar-refractivity contribution >= 4 is 41.2 Å². The zero-order valence-corrected chi connectivity index (χ0v) is 20.4. The Balaban J connectivity index is 3.21. The third-order valence-electron chi connectivity index (χ3n) is 5.30. The summed E-state index contributed by atoms with van der Waals surface area (Å²) >= 11 is -5.28. The molecule has 0 amide bonds. The first kappa shape index (κ1) is 20.5. The standard InChI is InChI=1S/C7H10O5.4C2H5.2Sn/c1-4(11-5(2)8)7(10)12-6(3)9;4*1-2;;/h4,7H,1H2,2-3H3;4*1H2,2H3;;/q-1;;;;;;+1. The van der Waals surface area contributed by atoms with Gasteiger partial charge in [0.25, 0.3) is 0 Å². The van der Waals surface area contributed by atoms with Crippen LogP contribution in [-0.4, -0.2) is 53.6 Å². The average Bonchev–Trinajstić information content (AvgIpc) is 2.47. The minimum absolute atomic E-state index is 0.325. The van der Waals surface area contributed by atoms with Gasteiger partial charge in [0, 0.05) is 0 Å². The van der Waals surface area contributed by atoms with Crippen molar-refractivity contribution < 1.29 is 22.1 Å². The number of ether oxygens (including phenoxy) is 2. The van der Waals surface area contributed by atoms with E-state index in [0.717, 1.165) is 13.3 Å². The van der Waals surface area contributed by atoms with E-state index in [-0.39, 0.29) is 11.9 Å². The molecule has 1 aliphatic heterocycles. The molecule has 1 heterocycles. The summed E-state index contributed by atoms with van der Waals surface area (Å²) in [7, 11) is 0. The van der Waals surface area contributed by atoms with Crippen LogP contribution in [0.3, 0.4) is 0 Å². The molecule has 1 rings (SSSR count). The second-order valence-electron chi connectivity index (χ2n) is 6.14. The molecule has 1 fully saturated rings. The summed E-state index contributed by atoms with van der Waals surface area (Å²) in [6.07, 6.45) is -1.08. The Bertz CT molecular complexity index is 367. The summed E-state index contributed by atoms with van der Waals surface area (Å²) in [6.45, 7) is 11.9. The van der Waals surface area contributed by atoms with Crippen LogP contribution in [0.1, 0.15) is 41.5 Å². The van der Waals surface area contributed by atoms with Crippen LogP contribution in [0.25, 0.3) is 0 Å². The zero-order chi connectivity index (χ0) is 17.0. The van der Waals surface area contributed by atoms with E-state index in [1.165, 1.54) is 22.7 Å². The molecule has 22 heavy (non-hydrogen) atoms. The Hall–Kier alpha value is 0.497. The fraction of sp³-hybridized carbons (Fsp3) is 0.867. The average molecular weight is 528 g/mol. The molecule has 0 aromatic carbocycles.